The van der Waals surface area contributed by atoms with Crippen molar-refractivity contribution < 1.29 is 9.53 Å². The van der Waals surface area contributed by atoms with Crippen molar-refractivity contribution in [2.75, 3.05) is 26.3 Å². The number of amides is 1. The number of hydrogen-bond acceptors (Lipinski definition) is 5. The Morgan fingerprint density at radius 2 is 2.17 bits per heavy atom. The van der Waals surface area contributed by atoms with E-state index in [-0.39, 0.29) is 11.9 Å². The molecule has 3 rings (SSSR count). The first kappa shape index (κ1) is 17.3. The summed E-state index contributed by atoms with van der Waals surface area (Å²) in [5, 5.41) is 6.52. The number of carbonyl (C=O) groups excluding carboxylic acids is 1. The van der Waals surface area contributed by atoms with Gasteiger partial charge in [-0.3, -0.25) is 4.79 Å². The van der Waals surface area contributed by atoms with Gasteiger partial charge in [0.15, 0.2) is 0 Å². The van der Waals surface area contributed by atoms with E-state index in [1.807, 2.05) is 13.0 Å². The van der Waals surface area contributed by atoms with Crippen molar-refractivity contribution in [2.24, 2.45) is 0 Å². The van der Waals surface area contributed by atoms with Gasteiger partial charge in [0.1, 0.15) is 5.82 Å². The lowest BCUT2D eigenvalue weighted by atomic mass is 9.98. The molecule has 0 aliphatic carbocycles. The van der Waals surface area contributed by atoms with Gasteiger partial charge >= 0.3 is 0 Å². The molecule has 3 heterocycles. The fourth-order valence-corrected chi connectivity index (χ4v) is 3.42. The summed E-state index contributed by atoms with van der Waals surface area (Å²) >= 11 is 0. The number of piperidine rings is 1. The predicted octanol–water partition coefficient (Wildman–Crippen LogP) is 1.48. The zero-order valence-electron chi connectivity index (χ0n) is 14.5. The molecule has 0 saturated carbocycles. The third kappa shape index (κ3) is 4.98. The molecule has 1 aromatic rings. The quantitative estimate of drug-likeness (QED) is 0.854. The third-order valence-electron chi connectivity index (χ3n) is 4.78. The van der Waals surface area contributed by atoms with Crippen molar-refractivity contribution in [3.05, 3.63) is 23.3 Å². The van der Waals surface area contributed by atoms with Crippen LogP contribution in [-0.2, 0) is 16.0 Å². The largest absolute Gasteiger partial charge is 0.381 e. The molecule has 1 aromatic heterocycles. The van der Waals surface area contributed by atoms with Crippen LogP contribution < -0.4 is 10.6 Å². The summed E-state index contributed by atoms with van der Waals surface area (Å²) in [6.07, 6.45) is 5.29. The standard InChI is InChI=1S/C18H28N4O2/c1-13-11-16(22-18(20-13)14-3-2-8-19-12-14)4-5-17(23)21-15-6-9-24-10-7-15/h11,14-15,19H,2-10,12H2,1H3,(H,21,23)/t14-/m0/s1. The summed E-state index contributed by atoms with van der Waals surface area (Å²) in [6, 6.07) is 2.27. The van der Waals surface area contributed by atoms with Gasteiger partial charge in [-0.1, -0.05) is 0 Å². The average molecular weight is 332 g/mol. The van der Waals surface area contributed by atoms with Crippen molar-refractivity contribution >= 4 is 5.91 Å². The van der Waals surface area contributed by atoms with Crippen LogP contribution >= 0.6 is 0 Å². The predicted molar refractivity (Wildman–Crippen MR) is 91.9 cm³/mol. The molecule has 1 atom stereocenters. The van der Waals surface area contributed by atoms with Crippen molar-refractivity contribution in [1.82, 2.24) is 20.6 Å². The zero-order valence-corrected chi connectivity index (χ0v) is 14.5. The van der Waals surface area contributed by atoms with E-state index in [1.165, 1.54) is 6.42 Å². The van der Waals surface area contributed by atoms with E-state index in [0.717, 1.165) is 62.8 Å². The van der Waals surface area contributed by atoms with Crippen LogP contribution in [0.2, 0.25) is 0 Å². The summed E-state index contributed by atoms with van der Waals surface area (Å²) in [6.45, 7) is 5.53. The molecule has 2 aliphatic heterocycles. The summed E-state index contributed by atoms with van der Waals surface area (Å²) in [7, 11) is 0. The van der Waals surface area contributed by atoms with Crippen LogP contribution in [-0.4, -0.2) is 48.2 Å². The fourth-order valence-electron chi connectivity index (χ4n) is 3.42. The Morgan fingerprint density at radius 1 is 1.33 bits per heavy atom. The molecule has 1 amide bonds. The van der Waals surface area contributed by atoms with Gasteiger partial charge in [-0.15, -0.1) is 0 Å². The number of carbonyl (C=O) groups is 1. The minimum Gasteiger partial charge on any atom is -0.381 e. The second-order valence-corrected chi connectivity index (χ2v) is 6.86. The smallest absolute Gasteiger partial charge is 0.220 e. The van der Waals surface area contributed by atoms with Crippen molar-refractivity contribution in [2.45, 2.75) is 57.4 Å². The maximum absolute atomic E-state index is 12.2. The van der Waals surface area contributed by atoms with Gasteiger partial charge in [0.25, 0.3) is 0 Å². The Kier molecular flexibility index (Phi) is 6.15. The number of nitrogens with one attached hydrogen (secondary N) is 2. The van der Waals surface area contributed by atoms with Gasteiger partial charge in [-0.2, -0.15) is 0 Å². The van der Waals surface area contributed by atoms with Gasteiger partial charge in [-0.05, 0) is 51.6 Å². The minimum absolute atomic E-state index is 0.110. The van der Waals surface area contributed by atoms with Gasteiger partial charge in [-0.25, -0.2) is 9.97 Å². The highest BCUT2D eigenvalue weighted by Crippen LogP contribution is 2.20. The van der Waals surface area contributed by atoms with Crippen LogP contribution in [0.1, 0.15) is 55.2 Å². The summed E-state index contributed by atoms with van der Waals surface area (Å²) in [4.78, 5) is 21.5. The molecule has 0 radical (unpaired) electrons. The van der Waals surface area contributed by atoms with Crippen LogP contribution in [0.5, 0.6) is 0 Å². The number of aryl methyl sites for hydroxylation is 2. The number of nitrogens with zero attached hydrogens (tertiary/aromatic N) is 2. The Balaban J connectivity index is 1.54. The topological polar surface area (TPSA) is 76.1 Å². The molecule has 2 fully saturated rings. The van der Waals surface area contributed by atoms with Crippen LogP contribution in [0.3, 0.4) is 0 Å². The Morgan fingerprint density at radius 3 is 2.92 bits per heavy atom. The van der Waals surface area contributed by atoms with Crippen molar-refractivity contribution in [3.8, 4) is 0 Å². The number of rotatable bonds is 5. The van der Waals surface area contributed by atoms with E-state index in [0.29, 0.717) is 18.8 Å². The highest BCUT2D eigenvalue weighted by Gasteiger charge is 2.19. The van der Waals surface area contributed by atoms with E-state index in [4.69, 9.17) is 9.72 Å². The van der Waals surface area contributed by atoms with Crippen molar-refractivity contribution in [3.63, 3.8) is 0 Å². The van der Waals surface area contributed by atoms with Gasteiger partial charge < -0.3 is 15.4 Å². The highest BCUT2D eigenvalue weighted by atomic mass is 16.5. The Bertz CT molecular complexity index is 552. The molecule has 132 valence electrons. The minimum atomic E-state index is 0.110. The number of aromatic nitrogens is 2. The lowest BCUT2D eigenvalue weighted by Crippen LogP contribution is -2.39. The van der Waals surface area contributed by atoms with E-state index >= 15 is 0 Å². The lowest BCUT2D eigenvalue weighted by Gasteiger charge is -2.23. The molecule has 2 saturated heterocycles. The van der Waals surface area contributed by atoms with Gasteiger partial charge in [0, 0.05) is 49.5 Å². The van der Waals surface area contributed by atoms with Crippen LogP contribution in [0.4, 0.5) is 0 Å². The second-order valence-electron chi connectivity index (χ2n) is 6.86. The maximum atomic E-state index is 12.2. The Hall–Kier alpha value is -1.53. The van der Waals surface area contributed by atoms with Gasteiger partial charge in [0.05, 0.1) is 0 Å². The molecule has 24 heavy (non-hydrogen) atoms. The van der Waals surface area contributed by atoms with E-state index in [1.54, 1.807) is 0 Å². The first-order valence-corrected chi connectivity index (χ1v) is 9.13. The van der Waals surface area contributed by atoms with Crippen LogP contribution in [0.25, 0.3) is 0 Å². The highest BCUT2D eigenvalue weighted by molar-refractivity contribution is 5.76. The molecule has 2 N–H and O–H groups in total. The monoisotopic (exact) mass is 332 g/mol. The fraction of sp³-hybridized carbons (Fsp3) is 0.722. The molecular formula is C18H28N4O2. The van der Waals surface area contributed by atoms with Gasteiger partial charge in [0.2, 0.25) is 5.91 Å². The SMILES string of the molecule is Cc1cc(CCC(=O)NC2CCOCC2)nc([C@H]2CCCNC2)n1. The molecule has 6 nitrogen and oxygen atoms in total. The number of ether oxygens (including phenoxy) is 1. The third-order valence-corrected chi connectivity index (χ3v) is 4.78. The van der Waals surface area contributed by atoms with E-state index in [9.17, 15) is 4.79 Å². The molecule has 6 heteroatoms. The molecule has 2 aliphatic rings. The van der Waals surface area contributed by atoms with E-state index < -0.39 is 0 Å². The molecular weight excluding hydrogens is 304 g/mol. The molecule has 0 unspecified atom stereocenters. The maximum Gasteiger partial charge on any atom is 0.220 e. The molecule has 0 aromatic carbocycles. The van der Waals surface area contributed by atoms with Crippen LogP contribution in [0.15, 0.2) is 6.07 Å². The normalized spacial score (nSPS) is 22.3. The summed E-state index contributed by atoms with van der Waals surface area (Å²) in [5.41, 5.74) is 1.97. The summed E-state index contributed by atoms with van der Waals surface area (Å²) in [5.74, 6) is 1.44. The zero-order chi connectivity index (χ0) is 16.8. The number of hydrogen-bond donors (Lipinski definition) is 2. The first-order chi connectivity index (χ1) is 11.7. The average Bonchev–Trinajstić information content (AvgIpc) is 2.61. The lowest BCUT2D eigenvalue weighted by molar-refractivity contribution is -0.122. The van der Waals surface area contributed by atoms with E-state index in [2.05, 4.69) is 15.6 Å². The summed E-state index contributed by atoms with van der Waals surface area (Å²) < 4.78 is 5.32. The van der Waals surface area contributed by atoms with Crippen LogP contribution in [0, 0.1) is 6.92 Å². The molecule has 0 spiro atoms. The Labute approximate surface area is 143 Å². The second kappa shape index (κ2) is 8.53. The first-order valence-electron chi connectivity index (χ1n) is 9.13. The molecule has 0 bridgehead atoms. The van der Waals surface area contributed by atoms with Crippen molar-refractivity contribution in [1.29, 1.82) is 0 Å².